The van der Waals surface area contributed by atoms with Gasteiger partial charge in [-0.05, 0) is 27.4 Å². The van der Waals surface area contributed by atoms with Gasteiger partial charge in [0.1, 0.15) is 11.5 Å². The van der Waals surface area contributed by atoms with E-state index in [2.05, 4.69) is 5.32 Å². The SMILES string of the molecule is CCCCn1c(N)c(NC(C)CN(C)C)c(=O)n(C)c1=O. The van der Waals surface area contributed by atoms with Gasteiger partial charge in [0.05, 0.1) is 0 Å². The summed E-state index contributed by atoms with van der Waals surface area (Å²) < 4.78 is 2.58. The molecule has 0 radical (unpaired) electrons. The molecule has 0 fully saturated rings. The summed E-state index contributed by atoms with van der Waals surface area (Å²) in [7, 11) is 5.40. The van der Waals surface area contributed by atoms with Gasteiger partial charge >= 0.3 is 5.69 Å². The van der Waals surface area contributed by atoms with Crippen LogP contribution in [0, 0.1) is 0 Å². The molecule has 0 bridgehead atoms. The molecule has 1 rings (SSSR count). The number of hydrogen-bond donors (Lipinski definition) is 2. The third kappa shape index (κ3) is 4.10. The lowest BCUT2D eigenvalue weighted by Gasteiger charge is -2.21. The third-order valence-electron chi connectivity index (χ3n) is 3.35. The van der Waals surface area contributed by atoms with Crippen LogP contribution in [-0.2, 0) is 13.6 Å². The van der Waals surface area contributed by atoms with Gasteiger partial charge in [0.2, 0.25) is 0 Å². The molecule has 120 valence electrons. The van der Waals surface area contributed by atoms with Crippen LogP contribution in [0.3, 0.4) is 0 Å². The van der Waals surface area contributed by atoms with Gasteiger partial charge in [0, 0.05) is 26.2 Å². The Balaban J connectivity index is 3.22. The Bertz CT molecular complexity index is 588. The minimum absolute atomic E-state index is 0.0483. The standard InChI is InChI=1S/C14H27N5O2/c1-6-7-8-19-12(15)11(13(20)18(5)14(19)21)16-10(2)9-17(3)4/h10,16H,6-9,15H2,1-5H3. The predicted octanol–water partition coefficient (Wildman–Crippen LogP) is 0.291. The predicted molar refractivity (Wildman–Crippen MR) is 86.9 cm³/mol. The van der Waals surface area contributed by atoms with E-state index in [9.17, 15) is 9.59 Å². The van der Waals surface area contributed by atoms with E-state index in [-0.39, 0.29) is 23.1 Å². The Kier molecular flexibility index (Phi) is 6.02. The third-order valence-corrected chi connectivity index (χ3v) is 3.35. The lowest BCUT2D eigenvalue weighted by molar-refractivity contribution is 0.392. The highest BCUT2D eigenvalue weighted by molar-refractivity contribution is 5.61. The first-order chi connectivity index (χ1) is 9.79. The smallest absolute Gasteiger partial charge is 0.332 e. The Labute approximate surface area is 125 Å². The highest BCUT2D eigenvalue weighted by Gasteiger charge is 2.16. The van der Waals surface area contributed by atoms with Crippen LogP contribution in [0.25, 0.3) is 0 Å². The zero-order chi connectivity index (χ0) is 16.2. The largest absolute Gasteiger partial charge is 0.383 e. The fourth-order valence-corrected chi connectivity index (χ4v) is 2.29. The molecule has 7 nitrogen and oxygen atoms in total. The van der Waals surface area contributed by atoms with Crippen LogP contribution in [0.4, 0.5) is 11.5 Å². The van der Waals surface area contributed by atoms with Gasteiger partial charge in [0.15, 0.2) is 0 Å². The van der Waals surface area contributed by atoms with Crippen molar-refractivity contribution in [2.45, 2.75) is 39.3 Å². The van der Waals surface area contributed by atoms with Gasteiger partial charge in [-0.1, -0.05) is 13.3 Å². The molecular weight excluding hydrogens is 270 g/mol. The second-order valence-electron chi connectivity index (χ2n) is 5.72. The van der Waals surface area contributed by atoms with E-state index >= 15 is 0 Å². The summed E-state index contributed by atoms with van der Waals surface area (Å²) in [5.41, 5.74) is 5.61. The zero-order valence-electron chi connectivity index (χ0n) is 13.6. The highest BCUT2D eigenvalue weighted by Crippen LogP contribution is 2.13. The maximum absolute atomic E-state index is 12.3. The first-order valence-corrected chi connectivity index (χ1v) is 7.30. The van der Waals surface area contributed by atoms with E-state index in [0.717, 1.165) is 24.0 Å². The number of rotatable bonds is 7. The Morgan fingerprint density at radius 2 is 1.95 bits per heavy atom. The number of hydrogen-bond acceptors (Lipinski definition) is 5. The Hall–Kier alpha value is -1.76. The van der Waals surface area contributed by atoms with Crippen molar-refractivity contribution in [3.63, 3.8) is 0 Å². The van der Waals surface area contributed by atoms with Gasteiger partial charge in [-0.3, -0.25) is 13.9 Å². The molecule has 1 heterocycles. The van der Waals surface area contributed by atoms with Crippen molar-refractivity contribution in [3.05, 3.63) is 20.8 Å². The summed E-state index contributed by atoms with van der Waals surface area (Å²) >= 11 is 0. The van der Waals surface area contributed by atoms with Crippen LogP contribution in [-0.4, -0.2) is 40.7 Å². The summed E-state index contributed by atoms with van der Waals surface area (Å²) in [5, 5.41) is 3.13. The first kappa shape index (κ1) is 17.3. The van der Waals surface area contributed by atoms with Gasteiger partial charge in [-0.2, -0.15) is 0 Å². The number of nitrogens with zero attached hydrogens (tertiary/aromatic N) is 3. The molecule has 0 saturated heterocycles. The average molecular weight is 297 g/mol. The van der Waals surface area contributed by atoms with Crippen LogP contribution in [0.15, 0.2) is 9.59 Å². The van der Waals surface area contributed by atoms with Crippen molar-refractivity contribution < 1.29 is 0 Å². The molecule has 3 N–H and O–H groups in total. The second-order valence-corrected chi connectivity index (χ2v) is 5.72. The van der Waals surface area contributed by atoms with E-state index in [4.69, 9.17) is 5.73 Å². The zero-order valence-corrected chi connectivity index (χ0v) is 13.6. The van der Waals surface area contributed by atoms with Crippen LogP contribution in [0.1, 0.15) is 26.7 Å². The number of anilines is 2. The Morgan fingerprint density at radius 1 is 1.33 bits per heavy atom. The van der Waals surface area contributed by atoms with E-state index in [0.29, 0.717) is 12.2 Å². The molecule has 0 amide bonds. The minimum atomic E-state index is -0.379. The van der Waals surface area contributed by atoms with Gasteiger partial charge in [-0.15, -0.1) is 0 Å². The Morgan fingerprint density at radius 3 is 2.48 bits per heavy atom. The minimum Gasteiger partial charge on any atom is -0.383 e. The van der Waals surface area contributed by atoms with Crippen molar-refractivity contribution in [1.82, 2.24) is 14.0 Å². The molecule has 1 atom stereocenters. The van der Waals surface area contributed by atoms with Crippen molar-refractivity contribution in [2.24, 2.45) is 7.05 Å². The maximum atomic E-state index is 12.3. The van der Waals surface area contributed by atoms with Gasteiger partial charge in [-0.25, -0.2) is 4.79 Å². The van der Waals surface area contributed by atoms with Crippen LogP contribution in [0.2, 0.25) is 0 Å². The molecule has 0 aliphatic rings. The number of nitrogens with two attached hydrogens (primary N) is 1. The number of likely N-dealkylation sites (N-methyl/N-ethyl adjacent to an activating group) is 1. The van der Waals surface area contributed by atoms with Crippen molar-refractivity contribution in [3.8, 4) is 0 Å². The maximum Gasteiger partial charge on any atom is 0.332 e. The fraction of sp³-hybridized carbons (Fsp3) is 0.714. The fourth-order valence-electron chi connectivity index (χ4n) is 2.29. The second kappa shape index (κ2) is 7.31. The molecule has 0 saturated carbocycles. The van der Waals surface area contributed by atoms with Crippen molar-refractivity contribution >= 4 is 11.5 Å². The van der Waals surface area contributed by atoms with E-state index < -0.39 is 0 Å². The van der Waals surface area contributed by atoms with Crippen molar-refractivity contribution in [1.29, 1.82) is 0 Å². The number of nitrogen functional groups attached to an aromatic ring is 1. The molecule has 21 heavy (non-hydrogen) atoms. The quantitative estimate of drug-likeness (QED) is 0.755. The number of aromatic nitrogens is 2. The number of unbranched alkanes of at least 4 members (excludes halogenated alkanes) is 1. The van der Waals surface area contributed by atoms with Crippen LogP contribution in [0.5, 0.6) is 0 Å². The molecule has 7 heteroatoms. The topological polar surface area (TPSA) is 85.3 Å². The van der Waals surface area contributed by atoms with E-state index in [1.165, 1.54) is 11.6 Å². The van der Waals surface area contributed by atoms with Gasteiger partial charge < -0.3 is 16.0 Å². The summed E-state index contributed by atoms with van der Waals surface area (Å²) in [5.74, 6) is 0.224. The molecule has 1 aromatic rings. The molecular formula is C14H27N5O2. The summed E-state index contributed by atoms with van der Waals surface area (Å²) in [6, 6.07) is 0.0483. The van der Waals surface area contributed by atoms with Gasteiger partial charge in [0.25, 0.3) is 5.56 Å². The molecule has 0 aliphatic heterocycles. The lowest BCUT2D eigenvalue weighted by atomic mass is 10.3. The first-order valence-electron chi connectivity index (χ1n) is 7.30. The molecule has 1 unspecified atom stereocenters. The number of nitrogens with one attached hydrogen (secondary N) is 1. The summed E-state index contributed by atoms with van der Waals surface area (Å²) in [6.07, 6.45) is 1.80. The lowest BCUT2D eigenvalue weighted by Crippen LogP contribution is -2.42. The van der Waals surface area contributed by atoms with Crippen molar-refractivity contribution in [2.75, 3.05) is 31.7 Å². The van der Waals surface area contributed by atoms with E-state index in [1.807, 2.05) is 32.8 Å². The molecule has 0 spiro atoms. The molecule has 0 aromatic carbocycles. The molecule has 0 aliphatic carbocycles. The van der Waals surface area contributed by atoms with E-state index in [1.54, 1.807) is 0 Å². The van der Waals surface area contributed by atoms with Crippen LogP contribution >= 0.6 is 0 Å². The highest BCUT2D eigenvalue weighted by atomic mass is 16.2. The monoisotopic (exact) mass is 297 g/mol. The summed E-state index contributed by atoms with van der Waals surface area (Å²) in [6.45, 7) is 5.30. The molecule has 1 aromatic heterocycles. The average Bonchev–Trinajstić information content (AvgIpc) is 2.40. The summed E-state index contributed by atoms with van der Waals surface area (Å²) in [4.78, 5) is 26.4. The normalized spacial score (nSPS) is 12.7. The van der Waals surface area contributed by atoms with Crippen LogP contribution < -0.4 is 22.3 Å².